The van der Waals surface area contributed by atoms with Crippen LogP contribution in [0.15, 0.2) is 30.5 Å². The summed E-state index contributed by atoms with van der Waals surface area (Å²) in [6.45, 7) is 2.22. The summed E-state index contributed by atoms with van der Waals surface area (Å²) in [6.07, 6.45) is 6.94. The van der Waals surface area contributed by atoms with Crippen molar-refractivity contribution in [3.05, 3.63) is 47.2 Å². The Bertz CT molecular complexity index is 466. The van der Waals surface area contributed by atoms with Gasteiger partial charge in [-0.25, -0.2) is 4.79 Å². The second kappa shape index (κ2) is 5.71. The Kier molecular flexibility index (Phi) is 4.03. The first-order chi connectivity index (χ1) is 8.76. The van der Waals surface area contributed by atoms with Crippen LogP contribution in [0.1, 0.15) is 47.2 Å². The molecule has 0 radical (unpaired) electrons. The highest BCUT2D eigenvalue weighted by molar-refractivity contribution is 5.89. The molecule has 0 heterocycles. The minimum atomic E-state index is -0.249. The summed E-state index contributed by atoms with van der Waals surface area (Å²) < 4.78 is 5.03. The molecule has 1 atom stereocenters. The summed E-state index contributed by atoms with van der Waals surface area (Å²) in [4.78, 5) is 11.7. The highest BCUT2D eigenvalue weighted by Gasteiger charge is 2.19. The van der Waals surface area contributed by atoms with Crippen molar-refractivity contribution in [1.29, 1.82) is 0 Å². The van der Waals surface area contributed by atoms with Crippen LogP contribution >= 0.6 is 0 Å². The number of carbonyl (C=O) groups excluding carboxylic acids is 1. The molecule has 0 bridgehead atoms. The number of rotatable bonds is 3. The van der Waals surface area contributed by atoms with Crippen molar-refractivity contribution in [2.75, 3.05) is 6.61 Å². The second-order valence-corrected chi connectivity index (χ2v) is 4.52. The van der Waals surface area contributed by atoms with Crippen LogP contribution < -0.4 is 5.73 Å². The van der Waals surface area contributed by atoms with Crippen molar-refractivity contribution in [2.45, 2.75) is 32.1 Å². The molecular formula is C15H19NO2. The molecule has 2 rings (SSSR count). The van der Waals surface area contributed by atoms with Crippen molar-refractivity contribution in [1.82, 2.24) is 0 Å². The first-order valence-electron chi connectivity index (χ1n) is 6.44. The van der Waals surface area contributed by atoms with E-state index < -0.39 is 0 Å². The average Bonchev–Trinajstić information content (AvgIpc) is 2.39. The van der Waals surface area contributed by atoms with Gasteiger partial charge < -0.3 is 10.5 Å². The predicted octanol–water partition coefficient (Wildman–Crippen LogP) is 2.76. The minimum absolute atomic E-state index is 0.249. The maximum atomic E-state index is 11.7. The van der Waals surface area contributed by atoms with Gasteiger partial charge >= 0.3 is 5.97 Å². The third-order valence-corrected chi connectivity index (χ3v) is 3.36. The number of hydrogen-bond donors (Lipinski definition) is 1. The molecule has 3 heteroatoms. The first kappa shape index (κ1) is 12.7. The number of esters is 1. The van der Waals surface area contributed by atoms with Gasteiger partial charge in [-0.3, -0.25) is 0 Å². The van der Waals surface area contributed by atoms with Crippen molar-refractivity contribution in [3.63, 3.8) is 0 Å². The minimum Gasteiger partial charge on any atom is -0.462 e. The van der Waals surface area contributed by atoms with Crippen molar-refractivity contribution in [2.24, 2.45) is 5.73 Å². The summed E-state index contributed by atoms with van der Waals surface area (Å²) in [5, 5.41) is 0. The van der Waals surface area contributed by atoms with E-state index in [1.807, 2.05) is 31.2 Å². The lowest BCUT2D eigenvalue weighted by molar-refractivity contribution is 0.0526. The molecule has 0 spiro atoms. The van der Waals surface area contributed by atoms with Crippen LogP contribution in [0.5, 0.6) is 0 Å². The van der Waals surface area contributed by atoms with E-state index >= 15 is 0 Å². The average molecular weight is 245 g/mol. The van der Waals surface area contributed by atoms with Crippen LogP contribution in [0.3, 0.4) is 0 Å². The van der Waals surface area contributed by atoms with E-state index in [9.17, 15) is 4.79 Å². The molecule has 1 aromatic rings. The van der Waals surface area contributed by atoms with Gasteiger partial charge in [-0.05, 0) is 55.6 Å². The Morgan fingerprint density at radius 2 is 2.39 bits per heavy atom. The van der Waals surface area contributed by atoms with Crippen molar-refractivity contribution >= 4 is 5.97 Å². The Balaban J connectivity index is 2.33. The predicted molar refractivity (Wildman–Crippen MR) is 71.4 cm³/mol. The SMILES string of the molecule is CCOC(=O)c1ccc2c(c1)C(C=CN)CCC2. The number of aryl methyl sites for hydroxylation is 1. The molecular weight excluding hydrogens is 226 g/mol. The molecule has 1 aliphatic carbocycles. The molecule has 0 saturated carbocycles. The quantitative estimate of drug-likeness (QED) is 0.833. The molecule has 96 valence electrons. The molecule has 0 aromatic heterocycles. The summed E-state index contributed by atoms with van der Waals surface area (Å²) in [5.74, 6) is 0.0782. The van der Waals surface area contributed by atoms with E-state index in [1.165, 1.54) is 17.5 Å². The normalized spacial score (nSPS) is 18.6. The lowest BCUT2D eigenvalue weighted by atomic mass is 9.82. The fourth-order valence-corrected chi connectivity index (χ4v) is 2.51. The van der Waals surface area contributed by atoms with Crippen LogP contribution in [-0.4, -0.2) is 12.6 Å². The van der Waals surface area contributed by atoms with Gasteiger partial charge in [0.05, 0.1) is 12.2 Å². The zero-order chi connectivity index (χ0) is 13.0. The number of benzene rings is 1. The Morgan fingerprint density at radius 3 is 3.11 bits per heavy atom. The van der Waals surface area contributed by atoms with E-state index in [0.29, 0.717) is 18.1 Å². The summed E-state index contributed by atoms with van der Waals surface area (Å²) >= 11 is 0. The van der Waals surface area contributed by atoms with Crippen LogP contribution in [0.4, 0.5) is 0 Å². The first-order valence-corrected chi connectivity index (χ1v) is 6.44. The zero-order valence-corrected chi connectivity index (χ0v) is 10.7. The van der Waals surface area contributed by atoms with E-state index in [1.54, 1.807) is 6.20 Å². The maximum absolute atomic E-state index is 11.7. The number of ether oxygens (including phenoxy) is 1. The molecule has 1 aromatic carbocycles. The van der Waals surface area contributed by atoms with Crippen molar-refractivity contribution in [3.8, 4) is 0 Å². The Morgan fingerprint density at radius 1 is 1.56 bits per heavy atom. The smallest absolute Gasteiger partial charge is 0.338 e. The second-order valence-electron chi connectivity index (χ2n) is 4.52. The molecule has 18 heavy (non-hydrogen) atoms. The molecule has 0 amide bonds. The van der Waals surface area contributed by atoms with Crippen LogP contribution in [0, 0.1) is 0 Å². The van der Waals surface area contributed by atoms with Gasteiger partial charge in [-0.1, -0.05) is 12.1 Å². The third-order valence-electron chi connectivity index (χ3n) is 3.36. The van der Waals surface area contributed by atoms with Gasteiger partial charge in [0.1, 0.15) is 0 Å². The maximum Gasteiger partial charge on any atom is 0.338 e. The molecule has 1 aliphatic rings. The summed E-state index contributed by atoms with van der Waals surface area (Å²) in [6, 6.07) is 5.85. The largest absolute Gasteiger partial charge is 0.462 e. The van der Waals surface area contributed by atoms with Gasteiger partial charge in [0.25, 0.3) is 0 Å². The van der Waals surface area contributed by atoms with Gasteiger partial charge in [0.2, 0.25) is 0 Å². The fraction of sp³-hybridized carbons (Fsp3) is 0.400. The van der Waals surface area contributed by atoms with Crippen LogP contribution in [0.2, 0.25) is 0 Å². The number of allylic oxidation sites excluding steroid dienone is 1. The number of fused-ring (bicyclic) bond motifs is 1. The number of nitrogens with two attached hydrogens (primary N) is 1. The zero-order valence-electron chi connectivity index (χ0n) is 10.7. The molecule has 0 aliphatic heterocycles. The lowest BCUT2D eigenvalue weighted by Crippen LogP contribution is -2.11. The Labute approximate surface area is 108 Å². The van der Waals surface area contributed by atoms with Gasteiger partial charge in [-0.15, -0.1) is 0 Å². The van der Waals surface area contributed by atoms with Crippen molar-refractivity contribution < 1.29 is 9.53 Å². The van der Waals surface area contributed by atoms with Gasteiger partial charge in [-0.2, -0.15) is 0 Å². The molecule has 0 fully saturated rings. The summed E-state index contributed by atoms with van der Waals surface area (Å²) in [5.41, 5.74) is 8.66. The van der Waals surface area contributed by atoms with Gasteiger partial charge in [0, 0.05) is 5.92 Å². The standard InChI is InChI=1S/C15H19NO2/c1-2-18-15(17)13-7-6-11-4-3-5-12(8-9-16)14(11)10-13/h6-10,12H,2-5,16H2,1H3. The highest BCUT2D eigenvalue weighted by Crippen LogP contribution is 2.33. The van der Waals surface area contributed by atoms with E-state index in [-0.39, 0.29) is 5.97 Å². The number of hydrogen-bond acceptors (Lipinski definition) is 3. The molecule has 1 unspecified atom stereocenters. The van der Waals surface area contributed by atoms with Crippen LogP contribution in [0.25, 0.3) is 0 Å². The molecule has 0 saturated heterocycles. The topological polar surface area (TPSA) is 52.3 Å². The highest BCUT2D eigenvalue weighted by atomic mass is 16.5. The fourth-order valence-electron chi connectivity index (χ4n) is 2.51. The summed E-state index contributed by atoms with van der Waals surface area (Å²) in [7, 11) is 0. The van der Waals surface area contributed by atoms with E-state index in [2.05, 4.69) is 0 Å². The number of carbonyl (C=O) groups is 1. The molecule has 2 N–H and O–H groups in total. The van der Waals surface area contributed by atoms with Crippen LogP contribution in [-0.2, 0) is 11.2 Å². The van der Waals surface area contributed by atoms with Gasteiger partial charge in [0.15, 0.2) is 0 Å². The Hall–Kier alpha value is -1.77. The van der Waals surface area contributed by atoms with E-state index in [0.717, 1.165) is 12.8 Å². The lowest BCUT2D eigenvalue weighted by Gasteiger charge is -2.23. The van der Waals surface area contributed by atoms with E-state index in [4.69, 9.17) is 10.5 Å². The third kappa shape index (κ3) is 2.55. The monoisotopic (exact) mass is 245 g/mol. The molecule has 3 nitrogen and oxygen atoms in total.